The Morgan fingerprint density at radius 2 is 2.04 bits per heavy atom. The number of carbonyl (C=O) groups excluding carboxylic acids is 1. The molecular weight excluding hydrogens is 330 g/mol. The van der Waals surface area contributed by atoms with Gasteiger partial charge in [-0.25, -0.2) is 4.98 Å². The van der Waals surface area contributed by atoms with Gasteiger partial charge in [0.15, 0.2) is 0 Å². The molecule has 2 aromatic rings. The van der Waals surface area contributed by atoms with E-state index in [2.05, 4.69) is 13.0 Å². The summed E-state index contributed by atoms with van der Waals surface area (Å²) >= 11 is 1.47. The molecule has 0 spiro atoms. The molecule has 0 aliphatic heterocycles. The Kier molecular flexibility index (Phi) is 4.44. The number of nitrogen functional groups attached to an aromatic ring is 1. The van der Waals surface area contributed by atoms with Crippen LogP contribution in [0.3, 0.4) is 0 Å². The molecule has 5 heteroatoms. The van der Waals surface area contributed by atoms with E-state index in [1.807, 2.05) is 11.9 Å². The van der Waals surface area contributed by atoms with E-state index in [-0.39, 0.29) is 5.91 Å². The van der Waals surface area contributed by atoms with Gasteiger partial charge in [-0.3, -0.25) is 4.79 Å². The van der Waals surface area contributed by atoms with Crippen molar-refractivity contribution in [1.29, 1.82) is 0 Å². The van der Waals surface area contributed by atoms with E-state index in [1.54, 1.807) is 0 Å². The van der Waals surface area contributed by atoms with Crippen LogP contribution in [0.15, 0.2) is 6.07 Å². The average molecular weight is 358 g/mol. The zero-order valence-electron chi connectivity index (χ0n) is 15.2. The molecule has 2 aromatic heterocycles. The SMILES string of the molecule is CC1CCc2nc3sc(C(=O)N(C)C4CCCCC4)c(N)c3cc2C1. The van der Waals surface area contributed by atoms with Crippen molar-refractivity contribution in [2.75, 3.05) is 12.8 Å². The molecule has 2 aliphatic carbocycles. The highest BCUT2D eigenvalue weighted by Crippen LogP contribution is 2.37. The molecule has 0 radical (unpaired) electrons. The Morgan fingerprint density at radius 3 is 2.80 bits per heavy atom. The number of anilines is 1. The Hall–Kier alpha value is -1.62. The highest BCUT2D eigenvalue weighted by atomic mass is 32.1. The van der Waals surface area contributed by atoms with Crippen molar-refractivity contribution >= 4 is 33.1 Å². The van der Waals surface area contributed by atoms with Crippen molar-refractivity contribution in [3.05, 3.63) is 22.2 Å². The van der Waals surface area contributed by atoms with Crippen LogP contribution in [0.4, 0.5) is 5.69 Å². The number of amides is 1. The highest BCUT2D eigenvalue weighted by Gasteiger charge is 2.27. The second kappa shape index (κ2) is 6.60. The van der Waals surface area contributed by atoms with Crippen molar-refractivity contribution in [1.82, 2.24) is 9.88 Å². The van der Waals surface area contributed by atoms with Crippen LogP contribution in [0.25, 0.3) is 10.2 Å². The first-order valence-electron chi connectivity index (χ1n) is 9.52. The van der Waals surface area contributed by atoms with E-state index >= 15 is 0 Å². The van der Waals surface area contributed by atoms with Gasteiger partial charge >= 0.3 is 0 Å². The van der Waals surface area contributed by atoms with E-state index < -0.39 is 0 Å². The van der Waals surface area contributed by atoms with E-state index in [1.165, 1.54) is 48.3 Å². The molecule has 0 saturated heterocycles. The van der Waals surface area contributed by atoms with Gasteiger partial charge in [-0.2, -0.15) is 0 Å². The van der Waals surface area contributed by atoms with Gasteiger partial charge in [0.2, 0.25) is 0 Å². The molecule has 25 heavy (non-hydrogen) atoms. The maximum Gasteiger partial charge on any atom is 0.266 e. The monoisotopic (exact) mass is 357 g/mol. The van der Waals surface area contributed by atoms with Gasteiger partial charge in [0.05, 0.1) is 5.69 Å². The molecule has 1 fully saturated rings. The molecule has 1 unspecified atom stereocenters. The van der Waals surface area contributed by atoms with Crippen molar-refractivity contribution in [2.45, 2.75) is 64.3 Å². The summed E-state index contributed by atoms with van der Waals surface area (Å²) in [5, 5.41) is 0.971. The maximum absolute atomic E-state index is 13.0. The van der Waals surface area contributed by atoms with Crippen LogP contribution in [-0.2, 0) is 12.8 Å². The molecule has 2 N–H and O–H groups in total. The van der Waals surface area contributed by atoms with Crippen molar-refractivity contribution in [2.24, 2.45) is 5.92 Å². The van der Waals surface area contributed by atoms with E-state index in [9.17, 15) is 4.79 Å². The third-order valence-electron chi connectivity index (χ3n) is 5.97. The van der Waals surface area contributed by atoms with Gasteiger partial charge in [0, 0.05) is 24.2 Å². The quantitative estimate of drug-likeness (QED) is 0.866. The summed E-state index contributed by atoms with van der Waals surface area (Å²) in [5.41, 5.74) is 9.54. The number of pyridine rings is 1. The smallest absolute Gasteiger partial charge is 0.266 e. The first-order valence-corrected chi connectivity index (χ1v) is 10.3. The molecule has 134 valence electrons. The lowest BCUT2D eigenvalue weighted by Gasteiger charge is -2.31. The topological polar surface area (TPSA) is 59.2 Å². The van der Waals surface area contributed by atoms with Crippen molar-refractivity contribution < 1.29 is 4.79 Å². The predicted octanol–water partition coefficient (Wildman–Crippen LogP) is 4.41. The molecule has 0 bridgehead atoms. The van der Waals surface area contributed by atoms with E-state index in [0.717, 1.165) is 35.9 Å². The Bertz CT molecular complexity index is 807. The Balaban J connectivity index is 1.67. The second-order valence-corrected chi connectivity index (χ2v) is 8.85. The minimum absolute atomic E-state index is 0.0683. The minimum Gasteiger partial charge on any atom is -0.397 e. The first-order chi connectivity index (χ1) is 12.0. The standard InChI is InChI=1S/C20H27N3OS/c1-12-8-9-16-13(10-12)11-15-17(21)18(25-19(15)22-16)20(24)23(2)14-6-4-3-5-7-14/h11-12,14H,3-10,21H2,1-2H3. The Labute approximate surface area is 153 Å². The molecular formula is C20H27N3OS. The number of nitrogens with zero attached hydrogens (tertiary/aromatic N) is 2. The maximum atomic E-state index is 13.0. The van der Waals surface area contributed by atoms with E-state index in [0.29, 0.717) is 22.5 Å². The van der Waals surface area contributed by atoms with Crippen molar-refractivity contribution in [3.8, 4) is 0 Å². The van der Waals surface area contributed by atoms with Crippen LogP contribution in [0, 0.1) is 5.92 Å². The summed E-state index contributed by atoms with van der Waals surface area (Å²) < 4.78 is 0. The zero-order chi connectivity index (χ0) is 17.6. The molecule has 0 aromatic carbocycles. The summed E-state index contributed by atoms with van der Waals surface area (Å²) in [6, 6.07) is 2.55. The number of aromatic nitrogens is 1. The molecule has 4 rings (SSSR count). The predicted molar refractivity (Wildman–Crippen MR) is 104 cm³/mol. The summed E-state index contributed by atoms with van der Waals surface area (Å²) in [4.78, 5) is 21.4. The number of nitrogens with two attached hydrogens (primary N) is 1. The number of aryl methyl sites for hydroxylation is 1. The van der Waals surface area contributed by atoms with Gasteiger partial charge in [-0.1, -0.05) is 26.2 Å². The fourth-order valence-electron chi connectivity index (χ4n) is 4.33. The molecule has 1 saturated carbocycles. The van der Waals surface area contributed by atoms with Crippen LogP contribution in [0.2, 0.25) is 0 Å². The lowest BCUT2D eigenvalue weighted by Crippen LogP contribution is -2.38. The number of rotatable bonds is 2. The highest BCUT2D eigenvalue weighted by molar-refractivity contribution is 7.21. The summed E-state index contributed by atoms with van der Waals surface area (Å²) in [7, 11) is 1.93. The summed E-state index contributed by atoms with van der Waals surface area (Å²) in [6.45, 7) is 2.29. The van der Waals surface area contributed by atoms with E-state index in [4.69, 9.17) is 10.7 Å². The fourth-order valence-corrected chi connectivity index (χ4v) is 5.40. The number of hydrogen-bond acceptors (Lipinski definition) is 4. The number of carbonyl (C=O) groups is 1. The lowest BCUT2D eigenvalue weighted by atomic mass is 9.87. The van der Waals surface area contributed by atoms with Gasteiger partial charge in [0.25, 0.3) is 5.91 Å². The zero-order valence-corrected chi connectivity index (χ0v) is 16.0. The third kappa shape index (κ3) is 3.03. The molecule has 4 nitrogen and oxygen atoms in total. The van der Waals surface area contributed by atoms with Crippen LogP contribution in [0.5, 0.6) is 0 Å². The van der Waals surface area contributed by atoms with Crippen LogP contribution in [-0.4, -0.2) is 28.9 Å². The van der Waals surface area contributed by atoms with Gasteiger partial charge in [0.1, 0.15) is 9.71 Å². The normalized spacial score (nSPS) is 21.3. The van der Waals surface area contributed by atoms with Gasteiger partial charge in [-0.05, 0) is 49.7 Å². The van der Waals surface area contributed by atoms with Gasteiger partial charge < -0.3 is 10.6 Å². The van der Waals surface area contributed by atoms with Crippen LogP contribution < -0.4 is 5.73 Å². The summed E-state index contributed by atoms with van der Waals surface area (Å²) in [5.74, 6) is 0.767. The number of fused-ring (bicyclic) bond motifs is 2. The first kappa shape index (κ1) is 16.8. The molecule has 1 atom stereocenters. The average Bonchev–Trinajstić information content (AvgIpc) is 2.95. The second-order valence-electron chi connectivity index (χ2n) is 7.85. The third-order valence-corrected chi connectivity index (χ3v) is 7.07. The van der Waals surface area contributed by atoms with Crippen LogP contribution >= 0.6 is 11.3 Å². The molecule has 2 heterocycles. The number of hydrogen-bond donors (Lipinski definition) is 1. The lowest BCUT2D eigenvalue weighted by molar-refractivity contribution is 0.0702. The Morgan fingerprint density at radius 1 is 1.28 bits per heavy atom. The number of thiophene rings is 1. The van der Waals surface area contributed by atoms with Crippen molar-refractivity contribution in [3.63, 3.8) is 0 Å². The molecule has 1 amide bonds. The van der Waals surface area contributed by atoms with Gasteiger partial charge in [-0.15, -0.1) is 11.3 Å². The van der Waals surface area contributed by atoms with Crippen LogP contribution in [0.1, 0.15) is 66.4 Å². The molecule has 2 aliphatic rings. The minimum atomic E-state index is 0.0683. The summed E-state index contributed by atoms with van der Waals surface area (Å²) in [6.07, 6.45) is 9.25. The fraction of sp³-hybridized carbons (Fsp3) is 0.600. The largest absolute Gasteiger partial charge is 0.397 e.